The van der Waals surface area contributed by atoms with Gasteiger partial charge in [0.05, 0.1) is 11.6 Å². The van der Waals surface area contributed by atoms with Gasteiger partial charge in [0.1, 0.15) is 5.82 Å². The first-order valence-electron chi connectivity index (χ1n) is 9.93. The second kappa shape index (κ2) is 9.08. The highest BCUT2D eigenvalue weighted by molar-refractivity contribution is 5.94. The number of amides is 1. The summed E-state index contributed by atoms with van der Waals surface area (Å²) in [6, 6.07) is 3.40. The molecule has 0 saturated carbocycles. The molecule has 0 radical (unpaired) electrons. The zero-order chi connectivity index (χ0) is 19.2. The molecule has 1 amide bonds. The van der Waals surface area contributed by atoms with Gasteiger partial charge in [-0.3, -0.25) is 9.78 Å². The molecule has 0 fully saturated rings. The van der Waals surface area contributed by atoms with Gasteiger partial charge < -0.3 is 14.8 Å². The summed E-state index contributed by atoms with van der Waals surface area (Å²) < 4.78 is 2.21. The smallest absolute Gasteiger partial charge is 0.253 e. The molecule has 0 aliphatic carbocycles. The number of aromatic nitrogens is 4. The summed E-state index contributed by atoms with van der Waals surface area (Å²) in [5.41, 5.74) is 0.566. The van der Waals surface area contributed by atoms with Gasteiger partial charge in [-0.05, 0) is 37.4 Å². The zero-order valence-corrected chi connectivity index (χ0v) is 16.6. The van der Waals surface area contributed by atoms with Crippen molar-refractivity contribution in [1.82, 2.24) is 30.0 Å². The minimum absolute atomic E-state index is 0.118. The van der Waals surface area contributed by atoms with E-state index >= 15 is 0 Å². The van der Waals surface area contributed by atoms with E-state index in [9.17, 15) is 4.79 Å². The van der Waals surface area contributed by atoms with Gasteiger partial charge in [-0.15, -0.1) is 10.2 Å². The molecule has 1 aliphatic heterocycles. The van der Waals surface area contributed by atoms with E-state index in [0.29, 0.717) is 11.5 Å². The molecule has 1 N–H and O–H groups in total. The summed E-state index contributed by atoms with van der Waals surface area (Å²) in [5, 5.41) is 12.1. The van der Waals surface area contributed by atoms with Crippen molar-refractivity contribution in [3.8, 4) is 0 Å². The number of hydrogen-bond donors (Lipinski definition) is 1. The van der Waals surface area contributed by atoms with Gasteiger partial charge in [0.15, 0.2) is 5.82 Å². The van der Waals surface area contributed by atoms with E-state index in [1.54, 1.807) is 24.5 Å². The molecule has 3 rings (SSSR count). The van der Waals surface area contributed by atoms with Gasteiger partial charge in [-0.1, -0.05) is 20.8 Å². The van der Waals surface area contributed by atoms with Crippen LogP contribution < -0.4 is 5.32 Å². The summed E-state index contributed by atoms with van der Waals surface area (Å²) in [4.78, 5) is 19.2. The average Bonchev–Trinajstić information content (AvgIpc) is 2.96. The van der Waals surface area contributed by atoms with Crippen molar-refractivity contribution in [3.63, 3.8) is 0 Å². The third-order valence-electron chi connectivity index (χ3n) is 4.94. The lowest BCUT2D eigenvalue weighted by atomic mass is 10.0. The number of fused-ring (bicyclic) bond motifs is 1. The highest BCUT2D eigenvalue weighted by Crippen LogP contribution is 2.23. The van der Waals surface area contributed by atoms with Crippen LogP contribution in [0, 0.1) is 5.92 Å². The van der Waals surface area contributed by atoms with Crippen LogP contribution in [0.3, 0.4) is 0 Å². The molecule has 2 aromatic heterocycles. The minimum atomic E-state index is -0.156. The Kier molecular flexibility index (Phi) is 6.55. The molecule has 7 nitrogen and oxygen atoms in total. The standard InChI is InChI=1S/C20H30N6O/c1-4-9-25-10-7-18-23-24-19(26(18)12-11-25)17(13-15(2)3)22-20(27)16-6-5-8-21-14-16/h5-6,8,14-15,17H,4,7,9-13H2,1-3H3,(H,22,27). The van der Waals surface area contributed by atoms with Gasteiger partial charge in [0.25, 0.3) is 5.91 Å². The van der Waals surface area contributed by atoms with E-state index in [1.807, 2.05) is 0 Å². The Morgan fingerprint density at radius 3 is 2.81 bits per heavy atom. The second-order valence-electron chi connectivity index (χ2n) is 7.62. The number of nitrogens with zero attached hydrogens (tertiary/aromatic N) is 5. The fourth-order valence-electron chi connectivity index (χ4n) is 3.63. The Balaban J connectivity index is 1.80. The Labute approximate surface area is 161 Å². The molecule has 0 aromatic carbocycles. The SMILES string of the molecule is CCCN1CCc2nnc(C(CC(C)C)NC(=O)c3cccnc3)n2CC1. The Morgan fingerprint density at radius 1 is 1.26 bits per heavy atom. The molecule has 0 saturated heterocycles. The summed E-state index contributed by atoms with van der Waals surface area (Å²) in [5.74, 6) is 2.20. The first-order valence-corrected chi connectivity index (χ1v) is 9.93. The number of carbonyl (C=O) groups excluding carboxylic acids is 1. The second-order valence-corrected chi connectivity index (χ2v) is 7.62. The molecule has 27 heavy (non-hydrogen) atoms. The Hall–Kier alpha value is -2.28. The van der Waals surface area contributed by atoms with E-state index in [-0.39, 0.29) is 11.9 Å². The molecule has 3 heterocycles. The number of nitrogens with one attached hydrogen (secondary N) is 1. The largest absolute Gasteiger partial charge is 0.342 e. The zero-order valence-electron chi connectivity index (χ0n) is 16.6. The van der Waals surface area contributed by atoms with Gasteiger partial charge >= 0.3 is 0 Å². The molecule has 146 valence electrons. The molecule has 1 unspecified atom stereocenters. The van der Waals surface area contributed by atoms with E-state index in [2.05, 4.69) is 50.7 Å². The fourth-order valence-corrected chi connectivity index (χ4v) is 3.63. The van der Waals surface area contributed by atoms with Crippen LogP contribution >= 0.6 is 0 Å². The molecular formula is C20H30N6O. The predicted molar refractivity (Wildman–Crippen MR) is 104 cm³/mol. The fraction of sp³-hybridized carbons (Fsp3) is 0.600. The lowest BCUT2D eigenvalue weighted by Gasteiger charge is -2.22. The molecule has 1 atom stereocenters. The van der Waals surface area contributed by atoms with Crippen LogP contribution in [-0.2, 0) is 13.0 Å². The van der Waals surface area contributed by atoms with Crippen LogP contribution in [0.25, 0.3) is 0 Å². The van der Waals surface area contributed by atoms with Crippen molar-refractivity contribution < 1.29 is 4.79 Å². The van der Waals surface area contributed by atoms with Crippen LogP contribution in [0.4, 0.5) is 0 Å². The molecule has 7 heteroatoms. The Bertz CT molecular complexity index is 742. The average molecular weight is 371 g/mol. The van der Waals surface area contributed by atoms with E-state index in [4.69, 9.17) is 0 Å². The van der Waals surface area contributed by atoms with Crippen molar-refractivity contribution in [2.75, 3.05) is 19.6 Å². The third-order valence-corrected chi connectivity index (χ3v) is 4.94. The van der Waals surface area contributed by atoms with Crippen molar-refractivity contribution in [1.29, 1.82) is 0 Å². The monoisotopic (exact) mass is 370 g/mol. The van der Waals surface area contributed by atoms with Crippen LogP contribution in [0.5, 0.6) is 0 Å². The van der Waals surface area contributed by atoms with Crippen LogP contribution in [-0.4, -0.2) is 50.2 Å². The summed E-state index contributed by atoms with van der Waals surface area (Å²) in [6.07, 6.45) is 6.14. The summed E-state index contributed by atoms with van der Waals surface area (Å²) in [6.45, 7) is 10.5. The lowest BCUT2D eigenvalue weighted by Crippen LogP contribution is -2.32. The Morgan fingerprint density at radius 2 is 2.11 bits per heavy atom. The number of carbonyl (C=O) groups is 1. The van der Waals surface area contributed by atoms with E-state index in [1.165, 1.54) is 0 Å². The highest BCUT2D eigenvalue weighted by atomic mass is 16.1. The molecule has 2 aromatic rings. The van der Waals surface area contributed by atoms with Crippen LogP contribution in [0.15, 0.2) is 24.5 Å². The normalized spacial score (nSPS) is 16.0. The maximum atomic E-state index is 12.7. The summed E-state index contributed by atoms with van der Waals surface area (Å²) >= 11 is 0. The number of pyridine rings is 1. The van der Waals surface area contributed by atoms with Crippen molar-refractivity contribution in [2.45, 2.75) is 52.6 Å². The molecule has 0 bridgehead atoms. The summed E-state index contributed by atoms with van der Waals surface area (Å²) in [7, 11) is 0. The van der Waals surface area contributed by atoms with Gasteiger partial charge in [0.2, 0.25) is 0 Å². The van der Waals surface area contributed by atoms with Crippen LogP contribution in [0.2, 0.25) is 0 Å². The maximum Gasteiger partial charge on any atom is 0.253 e. The van der Waals surface area contributed by atoms with Crippen molar-refractivity contribution in [2.24, 2.45) is 5.92 Å². The van der Waals surface area contributed by atoms with Gasteiger partial charge in [0, 0.05) is 38.4 Å². The predicted octanol–water partition coefficient (Wildman–Crippen LogP) is 2.46. The molecule has 1 aliphatic rings. The van der Waals surface area contributed by atoms with Gasteiger partial charge in [-0.25, -0.2) is 0 Å². The highest BCUT2D eigenvalue weighted by Gasteiger charge is 2.26. The lowest BCUT2D eigenvalue weighted by molar-refractivity contribution is 0.0928. The molecular weight excluding hydrogens is 340 g/mol. The maximum absolute atomic E-state index is 12.7. The number of hydrogen-bond acceptors (Lipinski definition) is 5. The number of rotatable bonds is 7. The quantitative estimate of drug-likeness (QED) is 0.810. The topological polar surface area (TPSA) is 75.9 Å². The van der Waals surface area contributed by atoms with E-state index in [0.717, 1.165) is 57.1 Å². The van der Waals surface area contributed by atoms with E-state index < -0.39 is 0 Å². The molecule has 0 spiro atoms. The van der Waals surface area contributed by atoms with Crippen LogP contribution in [0.1, 0.15) is 61.7 Å². The van der Waals surface area contributed by atoms with Crippen molar-refractivity contribution >= 4 is 5.91 Å². The minimum Gasteiger partial charge on any atom is -0.342 e. The third kappa shape index (κ3) is 4.91. The first-order chi connectivity index (χ1) is 13.1. The first kappa shape index (κ1) is 19.5. The van der Waals surface area contributed by atoms with Gasteiger partial charge in [-0.2, -0.15) is 0 Å². The van der Waals surface area contributed by atoms with Crippen molar-refractivity contribution in [3.05, 3.63) is 41.7 Å².